The number of hydrogen-bond donors (Lipinski definition) is 0. The van der Waals surface area contributed by atoms with Crippen molar-refractivity contribution in [3.8, 4) is 0 Å². The normalized spacial score (nSPS) is 29.3. The molecule has 3 unspecified atom stereocenters. The SMILES string of the molecule is C=Cc1cc(CC2CO2)c(C)c(CC2CO2)c1CC1CO1. The molecule has 0 amide bonds. The fraction of sp³-hybridized carbons (Fsp3) is 0.556. The molecule has 0 bridgehead atoms. The summed E-state index contributed by atoms with van der Waals surface area (Å²) in [5.74, 6) is 0. The molecule has 4 rings (SSSR count). The van der Waals surface area contributed by atoms with Gasteiger partial charge in [0, 0.05) is 19.3 Å². The van der Waals surface area contributed by atoms with Gasteiger partial charge in [-0.2, -0.15) is 0 Å². The molecule has 3 nitrogen and oxygen atoms in total. The predicted octanol–water partition coefficient (Wildman–Crippen LogP) is 2.46. The van der Waals surface area contributed by atoms with Gasteiger partial charge < -0.3 is 14.2 Å². The maximum atomic E-state index is 5.47. The number of epoxide rings is 3. The van der Waals surface area contributed by atoms with Gasteiger partial charge in [-0.3, -0.25) is 0 Å². The van der Waals surface area contributed by atoms with Crippen molar-refractivity contribution in [3.05, 3.63) is 40.5 Å². The summed E-state index contributed by atoms with van der Waals surface area (Å²) < 4.78 is 16.3. The number of benzene rings is 1. The van der Waals surface area contributed by atoms with Gasteiger partial charge in [0.2, 0.25) is 0 Å². The first-order valence-electron chi connectivity index (χ1n) is 7.86. The Morgan fingerprint density at radius 2 is 1.52 bits per heavy atom. The van der Waals surface area contributed by atoms with Crippen LogP contribution in [0, 0.1) is 6.92 Å². The van der Waals surface area contributed by atoms with E-state index in [-0.39, 0.29) is 0 Å². The zero-order valence-corrected chi connectivity index (χ0v) is 12.6. The van der Waals surface area contributed by atoms with Crippen LogP contribution >= 0.6 is 0 Å². The van der Waals surface area contributed by atoms with Gasteiger partial charge >= 0.3 is 0 Å². The minimum Gasteiger partial charge on any atom is -0.373 e. The van der Waals surface area contributed by atoms with Crippen LogP contribution in [0.3, 0.4) is 0 Å². The number of rotatable bonds is 7. The van der Waals surface area contributed by atoms with Gasteiger partial charge in [0.25, 0.3) is 0 Å². The van der Waals surface area contributed by atoms with Gasteiger partial charge in [-0.15, -0.1) is 0 Å². The maximum absolute atomic E-state index is 5.47. The van der Waals surface area contributed by atoms with E-state index < -0.39 is 0 Å². The van der Waals surface area contributed by atoms with Crippen molar-refractivity contribution in [1.82, 2.24) is 0 Å². The van der Waals surface area contributed by atoms with Crippen LogP contribution in [-0.2, 0) is 33.5 Å². The fourth-order valence-electron chi connectivity index (χ4n) is 3.15. The van der Waals surface area contributed by atoms with Crippen molar-refractivity contribution in [2.24, 2.45) is 0 Å². The van der Waals surface area contributed by atoms with Crippen molar-refractivity contribution in [2.45, 2.75) is 44.5 Å². The van der Waals surface area contributed by atoms with Gasteiger partial charge in [-0.25, -0.2) is 0 Å². The van der Waals surface area contributed by atoms with E-state index in [0.717, 1.165) is 39.1 Å². The molecule has 3 aliphatic heterocycles. The van der Waals surface area contributed by atoms with Gasteiger partial charge in [0.1, 0.15) is 0 Å². The van der Waals surface area contributed by atoms with E-state index >= 15 is 0 Å². The van der Waals surface area contributed by atoms with Crippen molar-refractivity contribution in [1.29, 1.82) is 0 Å². The molecule has 0 aromatic heterocycles. The maximum Gasteiger partial charge on any atom is 0.0850 e. The summed E-state index contributed by atoms with van der Waals surface area (Å²) in [5.41, 5.74) is 6.97. The molecule has 0 aliphatic carbocycles. The summed E-state index contributed by atoms with van der Waals surface area (Å²) >= 11 is 0. The molecule has 0 saturated carbocycles. The summed E-state index contributed by atoms with van der Waals surface area (Å²) in [6.07, 6.45) is 6.27. The smallest absolute Gasteiger partial charge is 0.0850 e. The predicted molar refractivity (Wildman–Crippen MR) is 81.6 cm³/mol. The van der Waals surface area contributed by atoms with E-state index in [4.69, 9.17) is 14.2 Å². The summed E-state index contributed by atoms with van der Waals surface area (Å²) in [6.45, 7) is 8.97. The average molecular weight is 286 g/mol. The van der Waals surface area contributed by atoms with Crippen LogP contribution in [0.1, 0.15) is 27.8 Å². The Kier molecular flexibility index (Phi) is 3.37. The lowest BCUT2D eigenvalue weighted by Gasteiger charge is -2.18. The number of hydrogen-bond acceptors (Lipinski definition) is 3. The highest BCUT2D eigenvalue weighted by Crippen LogP contribution is 2.32. The molecule has 112 valence electrons. The zero-order valence-electron chi connectivity index (χ0n) is 12.6. The van der Waals surface area contributed by atoms with Crippen LogP contribution < -0.4 is 0 Å². The first kappa shape index (κ1) is 13.5. The Morgan fingerprint density at radius 1 is 1.00 bits per heavy atom. The highest BCUT2D eigenvalue weighted by Gasteiger charge is 2.31. The average Bonchev–Trinajstić information content (AvgIpc) is 3.33. The molecule has 3 atom stereocenters. The largest absolute Gasteiger partial charge is 0.373 e. The van der Waals surface area contributed by atoms with Gasteiger partial charge in [-0.05, 0) is 34.7 Å². The molecule has 3 heteroatoms. The van der Waals surface area contributed by atoms with E-state index in [1.807, 2.05) is 6.08 Å². The van der Waals surface area contributed by atoms with Crippen LogP contribution in [0.5, 0.6) is 0 Å². The van der Waals surface area contributed by atoms with Crippen LogP contribution in [0.15, 0.2) is 12.6 Å². The molecule has 1 aromatic carbocycles. The third-order valence-corrected chi connectivity index (χ3v) is 4.72. The first-order chi connectivity index (χ1) is 10.2. The lowest BCUT2D eigenvalue weighted by atomic mass is 9.86. The van der Waals surface area contributed by atoms with E-state index in [0.29, 0.717) is 18.3 Å². The Bertz CT molecular complexity index is 566. The molecule has 3 heterocycles. The second kappa shape index (κ2) is 5.24. The molecular formula is C18H22O3. The molecule has 0 spiro atoms. The Labute approximate surface area is 125 Å². The van der Waals surface area contributed by atoms with Gasteiger partial charge in [-0.1, -0.05) is 18.7 Å². The van der Waals surface area contributed by atoms with E-state index in [9.17, 15) is 0 Å². The Hall–Kier alpha value is -1.16. The molecular weight excluding hydrogens is 264 g/mol. The highest BCUT2D eigenvalue weighted by molar-refractivity contribution is 5.59. The molecule has 3 fully saturated rings. The minimum atomic E-state index is 0.402. The monoisotopic (exact) mass is 286 g/mol. The van der Waals surface area contributed by atoms with Gasteiger partial charge in [0.05, 0.1) is 38.1 Å². The van der Waals surface area contributed by atoms with E-state index in [1.165, 1.54) is 27.8 Å². The lowest BCUT2D eigenvalue weighted by molar-refractivity contribution is 0.400. The van der Waals surface area contributed by atoms with E-state index in [1.54, 1.807) is 0 Å². The molecule has 0 N–H and O–H groups in total. The standard InChI is InChI=1S/C18H22O3/c1-3-12-4-13(5-14-8-19-14)11(2)17(6-15-9-20-15)18(12)7-16-10-21-16/h3-4,14-16H,1,5-10H2,2H3. The quantitative estimate of drug-likeness (QED) is 0.723. The molecule has 1 aromatic rings. The second-order valence-corrected chi connectivity index (χ2v) is 6.39. The molecule has 3 aliphatic rings. The molecule has 0 radical (unpaired) electrons. The lowest BCUT2D eigenvalue weighted by Crippen LogP contribution is -2.10. The van der Waals surface area contributed by atoms with Crippen LogP contribution in [-0.4, -0.2) is 38.1 Å². The van der Waals surface area contributed by atoms with Crippen LogP contribution in [0.4, 0.5) is 0 Å². The summed E-state index contributed by atoms with van der Waals surface area (Å²) in [7, 11) is 0. The number of ether oxygens (including phenoxy) is 3. The zero-order chi connectivity index (χ0) is 14.4. The fourth-order valence-corrected chi connectivity index (χ4v) is 3.15. The van der Waals surface area contributed by atoms with Crippen molar-refractivity contribution < 1.29 is 14.2 Å². The minimum absolute atomic E-state index is 0.402. The Balaban J connectivity index is 1.73. The summed E-state index contributed by atoms with van der Waals surface area (Å²) in [6, 6.07) is 2.30. The topological polar surface area (TPSA) is 37.6 Å². The van der Waals surface area contributed by atoms with Crippen molar-refractivity contribution >= 4 is 6.08 Å². The first-order valence-corrected chi connectivity index (χ1v) is 7.86. The van der Waals surface area contributed by atoms with Crippen molar-refractivity contribution in [2.75, 3.05) is 19.8 Å². The van der Waals surface area contributed by atoms with Crippen molar-refractivity contribution in [3.63, 3.8) is 0 Å². The molecule has 3 saturated heterocycles. The third kappa shape index (κ3) is 3.05. The summed E-state index contributed by atoms with van der Waals surface area (Å²) in [4.78, 5) is 0. The second-order valence-electron chi connectivity index (χ2n) is 6.39. The molecule has 21 heavy (non-hydrogen) atoms. The Morgan fingerprint density at radius 3 is 2.05 bits per heavy atom. The van der Waals surface area contributed by atoms with Crippen LogP contribution in [0.2, 0.25) is 0 Å². The van der Waals surface area contributed by atoms with Crippen LogP contribution in [0.25, 0.3) is 6.08 Å². The van der Waals surface area contributed by atoms with E-state index in [2.05, 4.69) is 19.6 Å². The third-order valence-electron chi connectivity index (χ3n) is 4.72. The summed E-state index contributed by atoms with van der Waals surface area (Å²) in [5, 5.41) is 0. The van der Waals surface area contributed by atoms with Gasteiger partial charge in [0.15, 0.2) is 0 Å². The highest BCUT2D eigenvalue weighted by atomic mass is 16.6.